The molecule has 0 atom stereocenters. The van der Waals surface area contributed by atoms with Crippen LogP contribution in [0, 0.1) is 0 Å². The fourth-order valence-electron chi connectivity index (χ4n) is 1.67. The van der Waals surface area contributed by atoms with Crippen molar-refractivity contribution in [1.29, 1.82) is 0 Å². The molecule has 0 fully saturated rings. The molecule has 0 aliphatic carbocycles. The van der Waals surface area contributed by atoms with Crippen LogP contribution in [0.4, 0.5) is 0 Å². The maximum absolute atomic E-state index is 4.21. The van der Waals surface area contributed by atoms with Crippen molar-refractivity contribution in [3.8, 4) is 11.4 Å². The lowest BCUT2D eigenvalue weighted by atomic mass is 10.2. The lowest BCUT2D eigenvalue weighted by molar-refractivity contribution is 1.11. The molecule has 3 nitrogen and oxygen atoms in total. The number of aromatic nitrogens is 3. The van der Waals surface area contributed by atoms with E-state index in [1.807, 2.05) is 53.1 Å². The monoisotopic (exact) mass is 273 g/mol. The lowest BCUT2D eigenvalue weighted by Gasteiger charge is -2.01. The summed E-state index contributed by atoms with van der Waals surface area (Å²) in [6.07, 6.45) is 1.96. The van der Waals surface area contributed by atoms with E-state index in [2.05, 4.69) is 26.1 Å². The molecular formula is C12H8BrN3. The van der Waals surface area contributed by atoms with Crippen molar-refractivity contribution in [3.05, 3.63) is 53.1 Å². The van der Waals surface area contributed by atoms with E-state index in [-0.39, 0.29) is 0 Å². The van der Waals surface area contributed by atoms with E-state index >= 15 is 0 Å². The van der Waals surface area contributed by atoms with Crippen molar-refractivity contribution in [2.24, 2.45) is 0 Å². The zero-order valence-electron chi connectivity index (χ0n) is 8.34. The molecule has 0 unspecified atom stereocenters. The van der Waals surface area contributed by atoms with Crippen LogP contribution in [0.15, 0.2) is 53.1 Å². The van der Waals surface area contributed by atoms with E-state index < -0.39 is 0 Å². The van der Waals surface area contributed by atoms with Crippen LogP contribution in [0.3, 0.4) is 0 Å². The summed E-state index contributed by atoms with van der Waals surface area (Å²) >= 11 is 3.52. The van der Waals surface area contributed by atoms with Crippen LogP contribution < -0.4 is 0 Å². The second-order valence-corrected chi connectivity index (χ2v) is 4.29. The van der Waals surface area contributed by atoms with Crippen LogP contribution in [0.25, 0.3) is 17.0 Å². The highest BCUT2D eigenvalue weighted by Crippen LogP contribution is 2.26. The molecule has 2 aromatic heterocycles. The van der Waals surface area contributed by atoms with Crippen molar-refractivity contribution in [1.82, 2.24) is 14.6 Å². The molecule has 0 saturated heterocycles. The van der Waals surface area contributed by atoms with Crippen LogP contribution in [-0.4, -0.2) is 14.6 Å². The van der Waals surface area contributed by atoms with E-state index in [1.165, 1.54) is 0 Å². The summed E-state index contributed by atoms with van der Waals surface area (Å²) < 4.78 is 2.99. The van der Waals surface area contributed by atoms with E-state index in [0.29, 0.717) is 0 Å². The number of nitrogens with zero attached hydrogens (tertiary/aromatic N) is 3. The van der Waals surface area contributed by atoms with E-state index in [0.717, 1.165) is 21.5 Å². The molecule has 2 heterocycles. The molecule has 0 aliphatic heterocycles. The Labute approximate surface area is 101 Å². The summed E-state index contributed by atoms with van der Waals surface area (Å²) in [5.74, 6) is 0.850. The number of pyridine rings is 1. The fourth-order valence-corrected chi connectivity index (χ4v) is 2.13. The molecule has 0 N–H and O–H groups in total. The average Bonchev–Trinajstić information content (AvgIpc) is 2.74. The second-order valence-electron chi connectivity index (χ2n) is 3.43. The first-order valence-corrected chi connectivity index (χ1v) is 5.70. The molecule has 0 saturated carbocycles. The third-order valence-electron chi connectivity index (χ3n) is 2.43. The van der Waals surface area contributed by atoms with Crippen molar-refractivity contribution >= 4 is 21.6 Å². The summed E-state index contributed by atoms with van der Waals surface area (Å²) in [4.78, 5) is 0. The van der Waals surface area contributed by atoms with Crippen LogP contribution >= 0.6 is 15.9 Å². The highest BCUT2D eigenvalue weighted by molar-refractivity contribution is 9.10. The third kappa shape index (κ3) is 1.42. The minimum atomic E-state index is 0.850. The molecule has 0 amide bonds. The third-order valence-corrected chi connectivity index (χ3v) is 3.12. The number of hydrogen-bond acceptors (Lipinski definition) is 2. The van der Waals surface area contributed by atoms with Gasteiger partial charge in [-0.05, 0) is 18.2 Å². The van der Waals surface area contributed by atoms with Gasteiger partial charge in [0.05, 0.1) is 0 Å². The normalized spacial score (nSPS) is 10.8. The van der Waals surface area contributed by atoms with Crippen molar-refractivity contribution in [2.45, 2.75) is 0 Å². The van der Waals surface area contributed by atoms with Gasteiger partial charge in [0.25, 0.3) is 0 Å². The smallest absolute Gasteiger partial charge is 0.169 e. The highest BCUT2D eigenvalue weighted by Gasteiger charge is 2.09. The van der Waals surface area contributed by atoms with Gasteiger partial charge in [0, 0.05) is 16.2 Å². The first kappa shape index (κ1) is 9.54. The molecule has 3 aromatic rings. The summed E-state index contributed by atoms with van der Waals surface area (Å²) in [5.41, 5.74) is 1.90. The van der Waals surface area contributed by atoms with Crippen LogP contribution in [0.2, 0.25) is 0 Å². The first-order chi connectivity index (χ1) is 7.86. The van der Waals surface area contributed by atoms with Gasteiger partial charge in [-0.25, -0.2) is 0 Å². The van der Waals surface area contributed by atoms with Crippen molar-refractivity contribution < 1.29 is 0 Å². The summed E-state index contributed by atoms with van der Waals surface area (Å²) in [6, 6.07) is 13.9. The number of rotatable bonds is 1. The van der Waals surface area contributed by atoms with E-state index in [9.17, 15) is 0 Å². The Balaban J connectivity index is 2.31. The SMILES string of the molecule is Brc1ccccc1-c1nnc2ccccn12. The van der Waals surface area contributed by atoms with Crippen molar-refractivity contribution in [3.63, 3.8) is 0 Å². The predicted molar refractivity (Wildman–Crippen MR) is 66.1 cm³/mol. The summed E-state index contributed by atoms with van der Waals surface area (Å²) in [7, 11) is 0. The van der Waals surface area contributed by atoms with Crippen molar-refractivity contribution in [2.75, 3.05) is 0 Å². The quantitative estimate of drug-likeness (QED) is 0.682. The van der Waals surface area contributed by atoms with E-state index in [4.69, 9.17) is 0 Å². The lowest BCUT2D eigenvalue weighted by Crippen LogP contribution is -1.89. The van der Waals surface area contributed by atoms with Gasteiger partial charge >= 0.3 is 0 Å². The zero-order chi connectivity index (χ0) is 11.0. The van der Waals surface area contributed by atoms with Crippen LogP contribution in [0.5, 0.6) is 0 Å². The van der Waals surface area contributed by atoms with Gasteiger partial charge in [0.1, 0.15) is 0 Å². The molecule has 4 heteroatoms. The van der Waals surface area contributed by atoms with Gasteiger partial charge in [-0.1, -0.05) is 40.2 Å². The van der Waals surface area contributed by atoms with Gasteiger partial charge < -0.3 is 0 Å². The minimum absolute atomic E-state index is 0.850. The van der Waals surface area contributed by atoms with Gasteiger partial charge in [-0.15, -0.1) is 10.2 Å². The molecular weight excluding hydrogens is 266 g/mol. The number of benzene rings is 1. The summed E-state index contributed by atoms with van der Waals surface area (Å²) in [5, 5.41) is 8.34. The Hall–Kier alpha value is -1.68. The van der Waals surface area contributed by atoms with Gasteiger partial charge in [0.15, 0.2) is 11.5 Å². The molecule has 16 heavy (non-hydrogen) atoms. The van der Waals surface area contributed by atoms with Gasteiger partial charge in [-0.2, -0.15) is 0 Å². The Bertz CT molecular complexity index is 645. The maximum atomic E-state index is 4.21. The predicted octanol–water partition coefficient (Wildman–Crippen LogP) is 3.16. The molecule has 78 valence electrons. The summed E-state index contributed by atoms with van der Waals surface area (Å²) in [6.45, 7) is 0. The standard InChI is InChI=1S/C12H8BrN3/c13-10-6-2-1-5-9(10)12-15-14-11-7-3-4-8-16(11)12/h1-8H. The zero-order valence-corrected chi connectivity index (χ0v) is 9.92. The fraction of sp³-hybridized carbons (Fsp3) is 0. The molecule has 0 bridgehead atoms. The Morgan fingerprint density at radius 3 is 2.62 bits per heavy atom. The van der Waals surface area contributed by atoms with Crippen LogP contribution in [-0.2, 0) is 0 Å². The Morgan fingerprint density at radius 1 is 0.938 bits per heavy atom. The van der Waals surface area contributed by atoms with Gasteiger partial charge in [0.2, 0.25) is 0 Å². The molecule has 0 spiro atoms. The van der Waals surface area contributed by atoms with Crippen LogP contribution in [0.1, 0.15) is 0 Å². The maximum Gasteiger partial charge on any atom is 0.169 e. The number of halogens is 1. The number of fused-ring (bicyclic) bond motifs is 1. The topological polar surface area (TPSA) is 30.2 Å². The molecule has 0 aliphatic rings. The number of hydrogen-bond donors (Lipinski definition) is 0. The van der Waals surface area contributed by atoms with E-state index in [1.54, 1.807) is 0 Å². The largest absolute Gasteiger partial charge is 0.282 e. The Morgan fingerprint density at radius 2 is 1.75 bits per heavy atom. The second kappa shape index (κ2) is 3.72. The molecule has 0 radical (unpaired) electrons. The minimum Gasteiger partial charge on any atom is -0.282 e. The first-order valence-electron chi connectivity index (χ1n) is 4.91. The molecule has 1 aromatic carbocycles. The highest BCUT2D eigenvalue weighted by atomic mass is 79.9. The molecule has 3 rings (SSSR count). The average molecular weight is 274 g/mol. The Kier molecular flexibility index (Phi) is 2.22. The van der Waals surface area contributed by atoms with Gasteiger partial charge in [-0.3, -0.25) is 4.40 Å².